The molecule has 0 saturated carbocycles. The molecule has 14 aromatic rings. The van der Waals surface area contributed by atoms with Crippen LogP contribution in [0, 0.1) is 13.8 Å². The number of ether oxygens (including phenoxy) is 2. The molecule has 18 rings (SSSR count). The van der Waals surface area contributed by atoms with Gasteiger partial charge < -0.3 is 60.8 Å². The monoisotopic (exact) mass is 1880 g/mol. The van der Waals surface area contributed by atoms with Gasteiger partial charge in [-0.25, -0.2) is 0 Å². The smallest absolute Gasteiger partial charge is 0.166 e. The Hall–Kier alpha value is -10.5. The zero-order valence-electron chi connectivity index (χ0n) is 78.0. The van der Waals surface area contributed by atoms with Crippen LogP contribution in [0.2, 0.25) is 0 Å². The average molecular weight is 1890 g/mol. The van der Waals surface area contributed by atoms with Crippen molar-refractivity contribution in [2.45, 2.75) is 136 Å². The van der Waals surface area contributed by atoms with E-state index < -0.39 is 0 Å². The minimum atomic E-state index is -0.0229. The maximum absolute atomic E-state index is 8.88. The molecule has 2 N–H and O–H groups in total. The van der Waals surface area contributed by atoms with Gasteiger partial charge in [0.25, 0.3) is 0 Å². The lowest BCUT2D eigenvalue weighted by molar-refractivity contribution is -0.897. The molecule has 0 radical (unpaired) electrons. The zero-order valence-corrected chi connectivity index (χ0v) is 82.9. The second-order valence-electron chi connectivity index (χ2n) is 33.3. The number of anilines is 1. The van der Waals surface area contributed by atoms with Crippen LogP contribution in [-0.2, 0) is 43.6 Å². The molecule has 14 aromatic carbocycles. The van der Waals surface area contributed by atoms with Crippen molar-refractivity contribution >= 4 is 55.0 Å². The third kappa shape index (κ3) is 33.9. The number of rotatable bonds is 22. The molecule has 0 amide bonds. The number of aliphatic imine (C=N–C) groups is 1. The number of piperidine rings is 3. The first-order valence-electron chi connectivity index (χ1n) is 45.7. The van der Waals surface area contributed by atoms with Crippen LogP contribution in [0.1, 0.15) is 68.1 Å². The van der Waals surface area contributed by atoms with Gasteiger partial charge in [0.2, 0.25) is 0 Å². The summed E-state index contributed by atoms with van der Waals surface area (Å²) in [6, 6.07) is 142. The van der Waals surface area contributed by atoms with Gasteiger partial charge in [-0.1, -0.05) is 230 Å². The molecule has 680 valence electrons. The lowest BCUT2D eigenvalue weighted by atomic mass is 10.0. The number of halogens is 1. The number of aliphatic hydroxyl groups is 2. The lowest BCUT2D eigenvalue weighted by Gasteiger charge is -2.39. The fourth-order valence-corrected chi connectivity index (χ4v) is 24.1. The average Bonchev–Trinajstić information content (AvgIpc) is 1.31. The number of likely N-dealkylation sites (tertiary alicyclic amines) is 3. The summed E-state index contributed by atoms with van der Waals surface area (Å²) < 4.78 is 11.3. The van der Waals surface area contributed by atoms with E-state index in [1.807, 2.05) is 59.6 Å². The van der Waals surface area contributed by atoms with Crippen molar-refractivity contribution in [3.63, 3.8) is 0 Å². The molecule has 0 unspecified atom stereocenters. The number of methoxy groups -OCH3 is 2. The van der Waals surface area contributed by atoms with E-state index in [2.05, 4.69) is 427 Å². The second kappa shape index (κ2) is 57.1. The molecule has 131 heavy (non-hydrogen) atoms. The highest BCUT2D eigenvalue weighted by molar-refractivity contribution is 7.98. The van der Waals surface area contributed by atoms with Gasteiger partial charge in [0.05, 0.1) is 104 Å². The summed E-state index contributed by atoms with van der Waals surface area (Å²) in [5, 5.41) is 17.8. The van der Waals surface area contributed by atoms with Gasteiger partial charge in [-0.2, -0.15) is 0 Å². The van der Waals surface area contributed by atoms with Crippen molar-refractivity contribution in [3.8, 4) is 11.5 Å². The predicted octanol–water partition coefficient (Wildman–Crippen LogP) is 22.0. The van der Waals surface area contributed by atoms with Crippen molar-refractivity contribution < 1.29 is 41.2 Å². The van der Waals surface area contributed by atoms with E-state index in [1.165, 1.54) is 160 Å². The highest BCUT2D eigenvalue weighted by atomic mass is 79.9. The Kier molecular flexibility index (Phi) is 44.7. The summed E-state index contributed by atoms with van der Waals surface area (Å²) in [6.07, 6.45) is 14.7. The first-order chi connectivity index (χ1) is 63.7. The number of hydrogen-bond acceptors (Lipinski definition) is 9. The predicted molar refractivity (Wildman–Crippen MR) is 553 cm³/mol. The molecule has 0 spiro atoms. The molecule has 3 saturated heterocycles. The SMILES string of the molecule is CN1CCC(N2CCCCC2)CC1.CN1CCC([N+](C)(C)C)CC1.COc1ccc(C2=NC=CC2)cc1.COc1ccc(N(CCO)CCO)cc1.Cc1ccc([S+](c2ccccc2)c2ccccc2)cc1.Cc1ccc([S+](c2ccccc2)c2ccccc2)cc1.[Br-].c1ccc([S+](c2ccccc2)c2ccccc2)cc1.c1ccc([S+](c2ccccc2)c2ccccc2)cc1. The number of hydrogen-bond donors (Lipinski definition) is 2. The van der Waals surface area contributed by atoms with Crippen LogP contribution in [0.5, 0.6) is 11.5 Å². The van der Waals surface area contributed by atoms with Crippen molar-refractivity contribution in [2.75, 3.05) is 120 Å². The minimum absolute atomic E-state index is 0. The summed E-state index contributed by atoms with van der Waals surface area (Å²) in [7, 11) is 14.6. The van der Waals surface area contributed by atoms with Crippen LogP contribution in [0.3, 0.4) is 0 Å². The Morgan fingerprint density at radius 2 is 0.595 bits per heavy atom. The van der Waals surface area contributed by atoms with Crippen molar-refractivity contribution in [1.82, 2.24) is 14.7 Å². The third-order valence-corrected chi connectivity index (χ3v) is 31.9. The Balaban J connectivity index is 0.000000157. The van der Waals surface area contributed by atoms with Crippen molar-refractivity contribution in [1.29, 1.82) is 0 Å². The van der Waals surface area contributed by atoms with E-state index in [9.17, 15) is 0 Å². The molecular formula is C116H135BrN6O4S4+4. The Morgan fingerprint density at radius 3 is 0.840 bits per heavy atom. The van der Waals surface area contributed by atoms with Crippen LogP contribution in [-0.4, -0.2) is 162 Å². The van der Waals surface area contributed by atoms with Gasteiger partial charge >= 0.3 is 0 Å². The molecule has 0 aromatic heterocycles. The number of aliphatic hydroxyl groups excluding tert-OH is 2. The molecule has 4 aliphatic heterocycles. The number of quaternary nitrogens is 1. The van der Waals surface area contributed by atoms with Crippen molar-refractivity contribution in [3.05, 3.63) is 429 Å². The van der Waals surface area contributed by atoms with Crippen molar-refractivity contribution in [2.24, 2.45) is 4.99 Å². The topological polar surface area (TPSA) is 84.2 Å². The Bertz CT molecular complexity index is 4900. The molecule has 0 bridgehead atoms. The van der Waals surface area contributed by atoms with E-state index in [1.54, 1.807) is 14.2 Å². The van der Waals surface area contributed by atoms with Crippen LogP contribution in [0.25, 0.3) is 0 Å². The molecule has 10 nitrogen and oxygen atoms in total. The normalized spacial score (nSPS) is 13.8. The standard InChI is InChI=1S/2C19H17S.2C18H15S.C11H22N2.C11H17NO3.C11H11NO.C9H21N2.BrH/c2*1-16-12-14-19(15-13-16)20(17-8-4-2-5-9-17)18-10-6-3-7-11-18;2*1-4-10-16(11-5-1)19(17-12-6-2-7-13-17)18-14-8-3-9-15-18;1-12-9-5-11(6-10-12)13-7-3-2-4-8-13;1-15-11-4-2-10(3-5-11)12(6-8-13)7-9-14;1-13-10-6-4-9(5-7-10)11-3-2-8-12-11;1-10-7-5-9(6-8-10)11(2,3)4;/h2*2-15H,1H3;2*1-15H;11H,2-10H2,1H3;2-5,13-14H,6-9H2,1H3;2,4-8H,3H2,1H3;9H,5-8H2,1-4H3;1H/q4*+1;;;;+1;/p-1. The van der Waals surface area contributed by atoms with Crippen LogP contribution < -0.4 is 31.4 Å². The lowest BCUT2D eigenvalue weighted by Crippen LogP contribution is -3.00. The molecule has 0 atom stereocenters. The maximum atomic E-state index is 8.88. The summed E-state index contributed by atoms with van der Waals surface area (Å²) in [5.74, 6) is 1.68. The molecular weight excluding hydrogens is 1750 g/mol. The number of aryl methyl sites for hydroxylation is 2. The van der Waals surface area contributed by atoms with Crippen LogP contribution in [0.15, 0.2) is 476 Å². The van der Waals surface area contributed by atoms with Gasteiger partial charge in [-0.15, -0.1) is 0 Å². The van der Waals surface area contributed by atoms with Gasteiger partial charge in [0.1, 0.15) is 11.5 Å². The van der Waals surface area contributed by atoms with Gasteiger partial charge in [0, 0.05) is 63.4 Å². The first-order valence-corrected chi connectivity index (χ1v) is 50.6. The first kappa shape index (κ1) is 103. The molecule has 3 fully saturated rings. The molecule has 0 aliphatic carbocycles. The van der Waals surface area contributed by atoms with E-state index in [4.69, 9.17) is 19.7 Å². The third-order valence-electron chi connectivity index (χ3n) is 22.9. The molecule has 4 heterocycles. The fourth-order valence-electron chi connectivity index (χ4n) is 15.7. The fraction of sp³-hybridized carbons (Fsp3) is 0.250. The van der Waals surface area contributed by atoms with Gasteiger partial charge in [0.15, 0.2) is 58.7 Å². The highest BCUT2D eigenvalue weighted by Gasteiger charge is 2.33. The molecule has 15 heteroatoms. The van der Waals surface area contributed by atoms with E-state index in [0.717, 1.165) is 45.9 Å². The van der Waals surface area contributed by atoms with E-state index >= 15 is 0 Å². The van der Waals surface area contributed by atoms with E-state index in [-0.39, 0.29) is 73.8 Å². The van der Waals surface area contributed by atoms with Gasteiger partial charge in [-0.05, 0) is 279 Å². The van der Waals surface area contributed by atoms with Crippen LogP contribution in [0.4, 0.5) is 5.69 Å². The second-order valence-corrected chi connectivity index (χ2v) is 41.4. The number of benzene rings is 14. The van der Waals surface area contributed by atoms with Crippen LogP contribution >= 0.6 is 0 Å². The minimum Gasteiger partial charge on any atom is -1.00 e. The summed E-state index contributed by atoms with van der Waals surface area (Å²) >= 11 is 0. The highest BCUT2D eigenvalue weighted by Crippen LogP contribution is 2.36. The maximum Gasteiger partial charge on any atom is 0.166 e. The van der Waals surface area contributed by atoms with Gasteiger partial charge in [-0.3, -0.25) is 4.99 Å². The molecule has 4 aliphatic rings. The zero-order chi connectivity index (χ0) is 91.2. The summed E-state index contributed by atoms with van der Waals surface area (Å²) in [6.45, 7) is 13.4. The summed E-state index contributed by atoms with van der Waals surface area (Å²) in [4.78, 5) is 30.1. The largest absolute Gasteiger partial charge is 1.00 e. The Labute approximate surface area is 806 Å². The Morgan fingerprint density at radius 1 is 0.336 bits per heavy atom. The van der Waals surface area contributed by atoms with E-state index in [0.29, 0.717) is 13.1 Å². The quantitative estimate of drug-likeness (QED) is 0.0513. The number of nitrogens with zero attached hydrogens (tertiary/aromatic N) is 6. The number of allylic oxidation sites excluding steroid dienone is 1. The summed E-state index contributed by atoms with van der Waals surface area (Å²) in [5.41, 5.74) is 5.88.